The Morgan fingerprint density at radius 3 is 2.74 bits per heavy atom. The van der Waals surface area contributed by atoms with Gasteiger partial charge in [0.1, 0.15) is 22.9 Å². The summed E-state index contributed by atoms with van der Waals surface area (Å²) in [6, 6.07) is 8.28. The standard InChI is InChI=1S/C25H27F3N6O/c1-2-15-4-3-5-17-12-18(32-19(15)17)20-21-22(29)30-10-11-34(21)23(33-20)16-8-6-14(7-9-16)13-31-24(35)25(26,27)28/h3-5,10-12,14,16,32H,2,6-9,13H2,1H3,(H2,29,30)(H,31,35). The molecule has 4 N–H and O–H groups in total. The summed E-state index contributed by atoms with van der Waals surface area (Å²) in [5.41, 5.74) is 10.9. The van der Waals surface area contributed by atoms with E-state index in [2.05, 4.69) is 35.1 Å². The lowest BCUT2D eigenvalue weighted by atomic mass is 9.81. The molecule has 3 heterocycles. The number of nitrogens with two attached hydrogens (primary N) is 1. The fourth-order valence-corrected chi connectivity index (χ4v) is 5.17. The van der Waals surface area contributed by atoms with Crippen molar-refractivity contribution < 1.29 is 18.0 Å². The molecule has 5 rings (SSSR count). The lowest BCUT2D eigenvalue weighted by molar-refractivity contribution is -0.173. The molecule has 1 amide bonds. The number of nitrogens with one attached hydrogen (secondary N) is 2. The molecule has 1 saturated carbocycles. The van der Waals surface area contributed by atoms with Crippen molar-refractivity contribution in [3.63, 3.8) is 0 Å². The average Bonchev–Trinajstić information content (AvgIpc) is 3.44. The van der Waals surface area contributed by atoms with Crippen LogP contribution in [-0.2, 0) is 11.2 Å². The molecule has 0 saturated heterocycles. The highest BCUT2D eigenvalue weighted by atomic mass is 19.4. The SMILES string of the molecule is CCc1cccc2cc(-c3nc(C4CCC(CNC(=O)C(F)(F)F)CC4)n4ccnc(N)c34)[nH]c12. The Labute approximate surface area is 199 Å². The van der Waals surface area contributed by atoms with Gasteiger partial charge in [0.25, 0.3) is 0 Å². The van der Waals surface area contributed by atoms with Crippen molar-refractivity contribution in [2.75, 3.05) is 12.3 Å². The number of benzene rings is 1. The number of aryl methyl sites for hydroxylation is 1. The first-order valence-electron chi connectivity index (χ1n) is 11.8. The molecule has 10 heteroatoms. The molecule has 35 heavy (non-hydrogen) atoms. The predicted octanol–water partition coefficient (Wildman–Crippen LogP) is 4.97. The molecule has 1 aliphatic carbocycles. The zero-order chi connectivity index (χ0) is 24.7. The fourth-order valence-electron chi connectivity index (χ4n) is 5.17. The van der Waals surface area contributed by atoms with Gasteiger partial charge in [-0.15, -0.1) is 0 Å². The van der Waals surface area contributed by atoms with Crippen LogP contribution in [0.2, 0.25) is 0 Å². The second-order valence-electron chi connectivity index (χ2n) is 9.19. The minimum Gasteiger partial charge on any atom is -0.382 e. The largest absolute Gasteiger partial charge is 0.471 e. The summed E-state index contributed by atoms with van der Waals surface area (Å²) in [6.45, 7) is 2.15. The first kappa shape index (κ1) is 23.2. The maximum absolute atomic E-state index is 12.5. The number of nitrogen functional groups attached to an aromatic ring is 1. The van der Waals surface area contributed by atoms with E-state index in [0.29, 0.717) is 18.7 Å². The predicted molar refractivity (Wildman–Crippen MR) is 128 cm³/mol. The van der Waals surface area contributed by atoms with Gasteiger partial charge in [0.2, 0.25) is 0 Å². The molecule has 0 atom stereocenters. The summed E-state index contributed by atoms with van der Waals surface area (Å²) < 4.78 is 39.4. The van der Waals surface area contributed by atoms with Crippen LogP contribution in [-0.4, -0.2) is 38.0 Å². The van der Waals surface area contributed by atoms with Crippen LogP contribution in [0.25, 0.3) is 27.8 Å². The number of carbonyl (C=O) groups excluding carboxylic acids is 1. The smallest absolute Gasteiger partial charge is 0.382 e. The van der Waals surface area contributed by atoms with E-state index in [1.165, 1.54) is 5.56 Å². The molecular formula is C25H27F3N6O. The molecule has 0 aliphatic heterocycles. The summed E-state index contributed by atoms with van der Waals surface area (Å²) in [7, 11) is 0. The summed E-state index contributed by atoms with van der Waals surface area (Å²) in [5.74, 6) is -0.481. The zero-order valence-electron chi connectivity index (χ0n) is 19.3. The average molecular weight is 485 g/mol. The number of nitrogens with zero attached hydrogens (tertiary/aromatic N) is 3. The van der Waals surface area contributed by atoms with E-state index in [-0.39, 0.29) is 18.4 Å². The van der Waals surface area contributed by atoms with Crippen molar-refractivity contribution in [1.82, 2.24) is 24.7 Å². The third-order valence-corrected chi connectivity index (χ3v) is 7.01. The van der Waals surface area contributed by atoms with Gasteiger partial charge in [0, 0.05) is 35.8 Å². The number of imidazole rings is 1. The van der Waals surface area contributed by atoms with Crippen LogP contribution in [0.1, 0.15) is 49.9 Å². The van der Waals surface area contributed by atoms with Gasteiger partial charge in [-0.1, -0.05) is 25.1 Å². The number of hydrogen-bond acceptors (Lipinski definition) is 4. The normalized spacial score (nSPS) is 18.9. The van der Waals surface area contributed by atoms with Crippen molar-refractivity contribution in [3.05, 3.63) is 48.0 Å². The van der Waals surface area contributed by atoms with Gasteiger partial charge < -0.3 is 16.0 Å². The van der Waals surface area contributed by atoms with E-state index in [9.17, 15) is 18.0 Å². The van der Waals surface area contributed by atoms with Crippen LogP contribution in [0.15, 0.2) is 36.7 Å². The number of carbonyl (C=O) groups is 1. The quantitative estimate of drug-likeness (QED) is 0.372. The number of rotatable bonds is 5. The summed E-state index contributed by atoms with van der Waals surface area (Å²) in [5, 5.41) is 3.12. The Kier molecular flexibility index (Phi) is 5.90. The number of H-pyrrole nitrogens is 1. The molecule has 0 bridgehead atoms. The lowest BCUT2D eigenvalue weighted by Crippen LogP contribution is -2.40. The number of alkyl halides is 3. The molecule has 0 radical (unpaired) electrons. The first-order chi connectivity index (χ1) is 16.8. The summed E-state index contributed by atoms with van der Waals surface area (Å²) in [4.78, 5) is 24.0. The van der Waals surface area contributed by atoms with Crippen LogP contribution in [0.4, 0.5) is 19.0 Å². The zero-order valence-corrected chi connectivity index (χ0v) is 19.3. The number of fused-ring (bicyclic) bond motifs is 2. The summed E-state index contributed by atoms with van der Waals surface area (Å²) >= 11 is 0. The highest BCUT2D eigenvalue weighted by molar-refractivity contribution is 5.92. The topological polar surface area (TPSA) is 101 Å². The number of hydrogen-bond donors (Lipinski definition) is 3. The van der Waals surface area contributed by atoms with E-state index < -0.39 is 12.1 Å². The molecule has 4 aromatic rings. The van der Waals surface area contributed by atoms with Crippen LogP contribution in [0, 0.1) is 5.92 Å². The minimum atomic E-state index is -4.85. The molecule has 1 fully saturated rings. The number of para-hydroxylation sites is 1. The number of amides is 1. The van der Waals surface area contributed by atoms with Gasteiger partial charge in [-0.3, -0.25) is 9.20 Å². The van der Waals surface area contributed by atoms with Crippen molar-refractivity contribution in [1.29, 1.82) is 0 Å². The van der Waals surface area contributed by atoms with Crippen LogP contribution in [0.3, 0.4) is 0 Å². The molecule has 0 unspecified atom stereocenters. The van der Waals surface area contributed by atoms with Gasteiger partial charge in [-0.2, -0.15) is 13.2 Å². The van der Waals surface area contributed by atoms with Crippen molar-refractivity contribution in [2.24, 2.45) is 5.92 Å². The Morgan fingerprint density at radius 2 is 2.03 bits per heavy atom. The van der Waals surface area contributed by atoms with Crippen LogP contribution < -0.4 is 11.1 Å². The molecule has 184 valence electrons. The van der Waals surface area contributed by atoms with E-state index in [0.717, 1.165) is 52.9 Å². The Bertz CT molecular complexity index is 1380. The van der Waals surface area contributed by atoms with Crippen LogP contribution >= 0.6 is 0 Å². The highest BCUT2D eigenvalue weighted by Gasteiger charge is 2.39. The van der Waals surface area contributed by atoms with Crippen LogP contribution in [0.5, 0.6) is 0 Å². The summed E-state index contributed by atoms with van der Waals surface area (Å²) in [6.07, 6.45) is 2.50. The van der Waals surface area contributed by atoms with E-state index >= 15 is 0 Å². The third kappa shape index (κ3) is 4.33. The molecule has 0 spiro atoms. The Morgan fingerprint density at radius 1 is 1.26 bits per heavy atom. The second kappa shape index (κ2) is 8.90. The Hall–Kier alpha value is -3.56. The lowest BCUT2D eigenvalue weighted by Gasteiger charge is -2.28. The molecule has 3 aromatic heterocycles. The van der Waals surface area contributed by atoms with Gasteiger partial charge in [0.15, 0.2) is 0 Å². The number of anilines is 1. The molecule has 1 aromatic carbocycles. The maximum Gasteiger partial charge on any atom is 0.471 e. The maximum atomic E-state index is 12.5. The van der Waals surface area contributed by atoms with Crippen molar-refractivity contribution in [3.8, 4) is 11.4 Å². The molecule has 7 nitrogen and oxygen atoms in total. The van der Waals surface area contributed by atoms with E-state index in [4.69, 9.17) is 10.7 Å². The van der Waals surface area contributed by atoms with Gasteiger partial charge in [-0.05, 0) is 49.7 Å². The Balaban J connectivity index is 1.42. The van der Waals surface area contributed by atoms with Gasteiger partial charge in [0.05, 0.1) is 5.69 Å². The van der Waals surface area contributed by atoms with E-state index in [1.807, 2.05) is 22.0 Å². The number of aromatic nitrogens is 4. The third-order valence-electron chi connectivity index (χ3n) is 7.01. The minimum absolute atomic E-state index is 0.0103. The van der Waals surface area contributed by atoms with Crippen molar-refractivity contribution in [2.45, 2.75) is 51.1 Å². The van der Waals surface area contributed by atoms with E-state index in [1.54, 1.807) is 6.20 Å². The highest BCUT2D eigenvalue weighted by Crippen LogP contribution is 2.39. The second-order valence-corrected chi connectivity index (χ2v) is 9.19. The fraction of sp³-hybridized carbons (Fsp3) is 0.400. The molecular weight excluding hydrogens is 457 g/mol. The van der Waals surface area contributed by atoms with Crippen molar-refractivity contribution >= 4 is 28.1 Å². The van der Waals surface area contributed by atoms with Gasteiger partial charge in [-0.25, -0.2) is 9.97 Å². The number of halogens is 3. The molecule has 1 aliphatic rings. The van der Waals surface area contributed by atoms with Gasteiger partial charge >= 0.3 is 12.1 Å². The first-order valence-corrected chi connectivity index (χ1v) is 11.8. The monoisotopic (exact) mass is 484 g/mol. The number of aromatic amines is 1.